The SMILES string of the molecule is O=C(C1CNCCO1)N1CCCN(S(=O)(=O)c2ccccc2)CC1. The lowest BCUT2D eigenvalue weighted by Gasteiger charge is -2.29. The molecule has 1 atom stereocenters. The van der Waals surface area contributed by atoms with Crippen molar-refractivity contribution in [1.82, 2.24) is 14.5 Å². The average molecular weight is 353 g/mol. The summed E-state index contributed by atoms with van der Waals surface area (Å²) in [5, 5.41) is 3.15. The van der Waals surface area contributed by atoms with Gasteiger partial charge in [0.2, 0.25) is 10.0 Å². The smallest absolute Gasteiger partial charge is 0.253 e. The van der Waals surface area contributed by atoms with Crippen molar-refractivity contribution in [2.45, 2.75) is 17.4 Å². The Labute approximate surface area is 142 Å². The monoisotopic (exact) mass is 353 g/mol. The fraction of sp³-hybridized carbons (Fsp3) is 0.562. The summed E-state index contributed by atoms with van der Waals surface area (Å²) in [5.41, 5.74) is 0. The molecule has 0 spiro atoms. The Kier molecular flexibility index (Phi) is 5.50. The Morgan fingerprint density at radius 3 is 2.62 bits per heavy atom. The molecular weight excluding hydrogens is 330 g/mol. The van der Waals surface area contributed by atoms with E-state index in [0.717, 1.165) is 6.54 Å². The summed E-state index contributed by atoms with van der Waals surface area (Å²) in [7, 11) is -3.51. The molecule has 7 nitrogen and oxygen atoms in total. The lowest BCUT2D eigenvalue weighted by atomic mass is 10.2. The van der Waals surface area contributed by atoms with E-state index in [1.54, 1.807) is 35.2 Å². The maximum absolute atomic E-state index is 12.7. The molecule has 2 fully saturated rings. The Bertz CT molecular complexity index is 659. The molecule has 0 bridgehead atoms. The normalized spacial score (nSPS) is 23.7. The van der Waals surface area contributed by atoms with E-state index in [2.05, 4.69) is 5.32 Å². The molecule has 1 amide bonds. The zero-order valence-corrected chi connectivity index (χ0v) is 14.4. The van der Waals surface area contributed by atoms with Crippen LogP contribution in [0.4, 0.5) is 0 Å². The Morgan fingerprint density at radius 2 is 1.92 bits per heavy atom. The van der Waals surface area contributed by atoms with Gasteiger partial charge < -0.3 is 15.0 Å². The first-order chi connectivity index (χ1) is 11.6. The molecule has 8 heteroatoms. The van der Waals surface area contributed by atoms with Gasteiger partial charge in [0, 0.05) is 39.3 Å². The number of nitrogens with one attached hydrogen (secondary N) is 1. The molecule has 0 radical (unpaired) electrons. The van der Waals surface area contributed by atoms with Crippen LogP contribution in [0.3, 0.4) is 0 Å². The van der Waals surface area contributed by atoms with E-state index < -0.39 is 16.1 Å². The number of hydrogen-bond acceptors (Lipinski definition) is 5. The third-order valence-corrected chi connectivity index (χ3v) is 6.26. The molecule has 1 aromatic carbocycles. The predicted octanol–water partition coefficient (Wildman–Crippen LogP) is -0.102. The van der Waals surface area contributed by atoms with Crippen molar-refractivity contribution < 1.29 is 17.9 Å². The minimum absolute atomic E-state index is 0.0545. The van der Waals surface area contributed by atoms with Crippen molar-refractivity contribution in [1.29, 1.82) is 0 Å². The van der Waals surface area contributed by atoms with Crippen LogP contribution < -0.4 is 5.32 Å². The van der Waals surface area contributed by atoms with Gasteiger partial charge in [-0.2, -0.15) is 4.31 Å². The molecule has 2 heterocycles. The van der Waals surface area contributed by atoms with Crippen LogP contribution in [0.25, 0.3) is 0 Å². The largest absolute Gasteiger partial charge is 0.366 e. The van der Waals surface area contributed by atoms with Crippen LogP contribution >= 0.6 is 0 Å². The summed E-state index contributed by atoms with van der Waals surface area (Å²) in [6.07, 6.45) is 0.161. The minimum Gasteiger partial charge on any atom is -0.366 e. The summed E-state index contributed by atoms with van der Waals surface area (Å²) < 4.78 is 32.4. The predicted molar refractivity (Wildman–Crippen MR) is 89.0 cm³/mol. The van der Waals surface area contributed by atoms with E-state index in [4.69, 9.17) is 4.74 Å². The van der Waals surface area contributed by atoms with E-state index in [1.807, 2.05) is 0 Å². The highest BCUT2D eigenvalue weighted by molar-refractivity contribution is 7.89. The molecule has 24 heavy (non-hydrogen) atoms. The highest BCUT2D eigenvalue weighted by Gasteiger charge is 2.31. The van der Waals surface area contributed by atoms with Gasteiger partial charge >= 0.3 is 0 Å². The molecule has 0 aliphatic carbocycles. The number of sulfonamides is 1. The molecule has 2 aliphatic rings. The zero-order valence-electron chi connectivity index (χ0n) is 13.6. The highest BCUT2D eigenvalue weighted by atomic mass is 32.2. The van der Waals surface area contributed by atoms with E-state index in [-0.39, 0.29) is 5.91 Å². The van der Waals surface area contributed by atoms with Crippen molar-refractivity contribution in [2.75, 3.05) is 45.9 Å². The van der Waals surface area contributed by atoms with Crippen LogP contribution in [0.15, 0.2) is 35.2 Å². The number of hydrogen-bond donors (Lipinski definition) is 1. The minimum atomic E-state index is -3.51. The van der Waals surface area contributed by atoms with E-state index in [9.17, 15) is 13.2 Å². The van der Waals surface area contributed by atoms with Crippen molar-refractivity contribution in [3.05, 3.63) is 30.3 Å². The van der Waals surface area contributed by atoms with Crippen LogP contribution in [0.5, 0.6) is 0 Å². The first kappa shape index (κ1) is 17.3. The van der Waals surface area contributed by atoms with E-state index >= 15 is 0 Å². The van der Waals surface area contributed by atoms with E-state index in [0.29, 0.717) is 50.6 Å². The first-order valence-electron chi connectivity index (χ1n) is 8.25. The van der Waals surface area contributed by atoms with Crippen LogP contribution in [0.2, 0.25) is 0 Å². The second-order valence-electron chi connectivity index (χ2n) is 5.96. The lowest BCUT2D eigenvalue weighted by Crippen LogP contribution is -2.50. The second kappa shape index (κ2) is 7.60. The van der Waals surface area contributed by atoms with Crippen LogP contribution in [-0.2, 0) is 19.6 Å². The average Bonchev–Trinajstić information content (AvgIpc) is 2.89. The molecule has 1 unspecified atom stereocenters. The number of carbonyl (C=O) groups excluding carboxylic acids is 1. The van der Waals surface area contributed by atoms with Gasteiger partial charge in [-0.3, -0.25) is 4.79 Å². The molecule has 2 saturated heterocycles. The fourth-order valence-electron chi connectivity index (χ4n) is 3.02. The third kappa shape index (κ3) is 3.77. The topological polar surface area (TPSA) is 79.0 Å². The molecule has 2 aliphatic heterocycles. The first-order valence-corrected chi connectivity index (χ1v) is 9.69. The molecule has 0 saturated carbocycles. The summed E-state index contributed by atoms with van der Waals surface area (Å²) in [6, 6.07) is 8.43. The number of ether oxygens (including phenoxy) is 1. The standard InChI is InChI=1S/C16H23N3O4S/c20-16(15-13-17-7-12-23-15)18-8-4-9-19(11-10-18)24(21,22)14-5-2-1-3-6-14/h1-3,5-6,15,17H,4,7-13H2. The van der Waals surface area contributed by atoms with Gasteiger partial charge in [-0.15, -0.1) is 0 Å². The molecule has 0 aromatic heterocycles. The molecular formula is C16H23N3O4S. The number of carbonyl (C=O) groups is 1. The number of morpholine rings is 1. The maximum atomic E-state index is 12.7. The summed E-state index contributed by atoms with van der Waals surface area (Å²) in [6.45, 7) is 3.48. The van der Waals surface area contributed by atoms with Gasteiger partial charge in [-0.25, -0.2) is 8.42 Å². The van der Waals surface area contributed by atoms with Crippen LogP contribution in [-0.4, -0.2) is 75.5 Å². The van der Waals surface area contributed by atoms with E-state index in [1.165, 1.54) is 4.31 Å². The second-order valence-corrected chi connectivity index (χ2v) is 7.90. The van der Waals surface area contributed by atoms with Crippen LogP contribution in [0, 0.1) is 0 Å². The van der Waals surface area contributed by atoms with Gasteiger partial charge in [-0.05, 0) is 18.6 Å². The highest BCUT2D eigenvalue weighted by Crippen LogP contribution is 2.18. The molecule has 1 aromatic rings. The molecule has 1 N–H and O–H groups in total. The molecule has 132 valence electrons. The maximum Gasteiger partial charge on any atom is 0.253 e. The number of rotatable bonds is 3. The number of amides is 1. The van der Waals surface area contributed by atoms with Crippen LogP contribution in [0.1, 0.15) is 6.42 Å². The fourth-order valence-corrected chi connectivity index (χ4v) is 4.51. The van der Waals surface area contributed by atoms with Gasteiger partial charge in [0.1, 0.15) is 6.10 Å². The van der Waals surface area contributed by atoms with Gasteiger partial charge in [0.25, 0.3) is 5.91 Å². The van der Waals surface area contributed by atoms with Gasteiger partial charge in [0.15, 0.2) is 0 Å². The summed E-state index contributed by atoms with van der Waals surface area (Å²) >= 11 is 0. The van der Waals surface area contributed by atoms with Gasteiger partial charge in [-0.1, -0.05) is 18.2 Å². The lowest BCUT2D eigenvalue weighted by molar-refractivity contribution is -0.145. The van der Waals surface area contributed by atoms with Crippen molar-refractivity contribution in [3.8, 4) is 0 Å². The van der Waals surface area contributed by atoms with Crippen molar-refractivity contribution in [2.24, 2.45) is 0 Å². The summed E-state index contributed by atoms with van der Waals surface area (Å²) in [5.74, 6) is -0.0545. The van der Waals surface area contributed by atoms with Crippen molar-refractivity contribution in [3.63, 3.8) is 0 Å². The number of benzene rings is 1. The third-order valence-electron chi connectivity index (χ3n) is 4.35. The quantitative estimate of drug-likeness (QED) is 0.821. The number of nitrogens with zero attached hydrogens (tertiary/aromatic N) is 2. The Balaban J connectivity index is 1.65. The summed E-state index contributed by atoms with van der Waals surface area (Å²) in [4.78, 5) is 14.5. The Morgan fingerprint density at radius 1 is 1.12 bits per heavy atom. The molecule has 3 rings (SSSR count). The Hall–Kier alpha value is -1.48. The van der Waals surface area contributed by atoms with Gasteiger partial charge in [0.05, 0.1) is 11.5 Å². The van der Waals surface area contributed by atoms with Crippen molar-refractivity contribution >= 4 is 15.9 Å². The zero-order chi connectivity index (χ0) is 17.0.